The number of carbonyl (C=O) groups excluding carboxylic acids is 1. The minimum atomic E-state index is -0.346. The fourth-order valence-corrected chi connectivity index (χ4v) is 7.94. The Morgan fingerprint density at radius 3 is 2.27 bits per heavy atom. The number of halogens is 2. The minimum Gasteiger partial charge on any atom is -0.433 e. The highest BCUT2D eigenvalue weighted by molar-refractivity contribution is 14.1. The second-order valence-electron chi connectivity index (χ2n) is 9.05. The van der Waals surface area contributed by atoms with Crippen molar-refractivity contribution in [2.24, 2.45) is 22.2 Å². The van der Waals surface area contributed by atoms with Crippen LogP contribution >= 0.6 is 34.2 Å². The SMILES string of the molecule is C[C@H](CI)C12CC3(C)CC(C)(CC(NC(=O)OCCl)(C3)C1)C2. The molecule has 3 atom stereocenters. The number of alkyl carbamates (subject to hydrolysis) is 1. The van der Waals surface area contributed by atoms with Gasteiger partial charge in [0.15, 0.2) is 6.07 Å². The Kier molecular flexibility index (Phi) is 4.20. The third-order valence-corrected chi connectivity index (χ3v) is 7.89. The third-order valence-electron chi connectivity index (χ3n) is 6.46. The van der Waals surface area contributed by atoms with Gasteiger partial charge in [0.1, 0.15) is 0 Å². The van der Waals surface area contributed by atoms with Crippen LogP contribution in [-0.2, 0) is 4.74 Å². The van der Waals surface area contributed by atoms with Gasteiger partial charge in [0.2, 0.25) is 0 Å². The minimum absolute atomic E-state index is 0.0776. The van der Waals surface area contributed by atoms with Crippen LogP contribution in [0.1, 0.15) is 59.3 Å². The summed E-state index contributed by atoms with van der Waals surface area (Å²) in [4.78, 5) is 12.1. The van der Waals surface area contributed by atoms with Gasteiger partial charge in [0, 0.05) is 9.97 Å². The van der Waals surface area contributed by atoms with Gasteiger partial charge in [-0.25, -0.2) is 4.79 Å². The number of amides is 1. The van der Waals surface area contributed by atoms with Gasteiger partial charge in [-0.3, -0.25) is 0 Å². The Balaban J connectivity index is 1.94. The monoisotopic (exact) mass is 439 g/mol. The average molecular weight is 440 g/mol. The second-order valence-corrected chi connectivity index (χ2v) is 10.1. The summed E-state index contributed by atoms with van der Waals surface area (Å²) < 4.78 is 6.17. The second kappa shape index (κ2) is 5.40. The zero-order valence-corrected chi connectivity index (χ0v) is 16.7. The molecule has 1 N–H and O–H groups in total. The first kappa shape index (κ1) is 17.1. The van der Waals surface area contributed by atoms with Gasteiger partial charge in [-0.05, 0) is 60.7 Å². The molecule has 4 fully saturated rings. The van der Waals surface area contributed by atoms with Gasteiger partial charge in [-0.1, -0.05) is 55.0 Å². The Morgan fingerprint density at radius 2 is 1.77 bits per heavy atom. The van der Waals surface area contributed by atoms with E-state index in [1.165, 1.54) is 23.7 Å². The van der Waals surface area contributed by atoms with Crippen molar-refractivity contribution < 1.29 is 9.53 Å². The van der Waals surface area contributed by atoms with Crippen molar-refractivity contribution in [1.29, 1.82) is 0 Å². The summed E-state index contributed by atoms with van der Waals surface area (Å²) in [6, 6.07) is -0.0776. The van der Waals surface area contributed by atoms with E-state index >= 15 is 0 Å². The summed E-state index contributed by atoms with van der Waals surface area (Å²) in [6.45, 7) is 7.26. The molecule has 0 radical (unpaired) electrons. The van der Waals surface area contributed by atoms with Crippen LogP contribution in [0, 0.1) is 22.2 Å². The third kappa shape index (κ3) is 2.76. The fourth-order valence-electron chi connectivity index (χ4n) is 6.91. The van der Waals surface area contributed by atoms with Crippen molar-refractivity contribution >= 4 is 40.3 Å². The highest BCUT2D eigenvalue weighted by Gasteiger charge is 2.66. The van der Waals surface area contributed by atoms with Crippen LogP contribution in [0.2, 0.25) is 0 Å². The molecular formula is C17H27ClINO2. The summed E-state index contributed by atoms with van der Waals surface area (Å²) in [5.74, 6) is 0.692. The molecule has 4 aliphatic rings. The number of hydrogen-bond acceptors (Lipinski definition) is 2. The lowest BCUT2D eigenvalue weighted by Gasteiger charge is -2.70. The van der Waals surface area contributed by atoms with Crippen molar-refractivity contribution in [2.75, 3.05) is 10.5 Å². The maximum atomic E-state index is 12.1. The van der Waals surface area contributed by atoms with Crippen molar-refractivity contribution in [2.45, 2.75) is 64.8 Å². The van der Waals surface area contributed by atoms with E-state index in [2.05, 4.69) is 48.7 Å². The van der Waals surface area contributed by atoms with E-state index in [1.807, 2.05) is 0 Å². The largest absolute Gasteiger partial charge is 0.433 e. The van der Waals surface area contributed by atoms with Crippen molar-refractivity contribution in [3.8, 4) is 0 Å². The predicted octanol–water partition coefficient (Wildman–Crippen LogP) is 5.10. The lowest BCUT2D eigenvalue weighted by atomic mass is 9.36. The summed E-state index contributed by atoms with van der Waals surface area (Å²) in [7, 11) is 0. The van der Waals surface area contributed by atoms with E-state index in [0.717, 1.165) is 19.3 Å². The van der Waals surface area contributed by atoms with Crippen LogP contribution in [0.25, 0.3) is 0 Å². The number of rotatable bonds is 4. The molecule has 0 aromatic carbocycles. The molecule has 0 aliphatic heterocycles. The maximum absolute atomic E-state index is 12.1. The topological polar surface area (TPSA) is 38.3 Å². The Bertz CT molecular complexity index is 465. The number of ether oxygens (including phenoxy) is 1. The number of alkyl halides is 2. The molecule has 4 rings (SSSR count). The van der Waals surface area contributed by atoms with E-state index in [4.69, 9.17) is 16.3 Å². The molecule has 3 nitrogen and oxygen atoms in total. The Morgan fingerprint density at radius 1 is 1.18 bits per heavy atom. The summed E-state index contributed by atoms with van der Waals surface area (Å²) >= 11 is 8.08. The molecule has 22 heavy (non-hydrogen) atoms. The van der Waals surface area contributed by atoms with Gasteiger partial charge >= 0.3 is 6.09 Å². The molecule has 4 saturated carbocycles. The van der Waals surface area contributed by atoms with Gasteiger partial charge in [0.25, 0.3) is 0 Å². The van der Waals surface area contributed by atoms with Crippen molar-refractivity contribution in [1.82, 2.24) is 5.32 Å². The molecule has 126 valence electrons. The molecule has 0 aromatic heterocycles. The average Bonchev–Trinajstić information content (AvgIpc) is 2.32. The van der Waals surface area contributed by atoms with E-state index in [0.29, 0.717) is 22.2 Å². The Labute approximate surface area is 152 Å². The van der Waals surface area contributed by atoms with Gasteiger partial charge < -0.3 is 10.1 Å². The smallest absolute Gasteiger partial charge is 0.408 e. The van der Waals surface area contributed by atoms with E-state index in [1.54, 1.807) is 0 Å². The van der Waals surface area contributed by atoms with Gasteiger partial charge in [-0.15, -0.1) is 0 Å². The number of carbonyl (C=O) groups is 1. The molecule has 0 heterocycles. The maximum Gasteiger partial charge on any atom is 0.408 e. The first-order chi connectivity index (χ1) is 10.2. The summed E-state index contributed by atoms with van der Waals surface area (Å²) in [5.41, 5.74) is 0.963. The van der Waals surface area contributed by atoms with Gasteiger partial charge in [0.05, 0.1) is 0 Å². The lowest BCUT2D eigenvalue weighted by molar-refractivity contribution is -0.178. The quantitative estimate of drug-likeness (QED) is 0.489. The first-order valence-electron chi connectivity index (χ1n) is 8.25. The first-order valence-corrected chi connectivity index (χ1v) is 10.3. The van der Waals surface area contributed by atoms with Crippen LogP contribution in [0.15, 0.2) is 0 Å². The van der Waals surface area contributed by atoms with Crippen LogP contribution < -0.4 is 5.32 Å². The molecular weight excluding hydrogens is 413 g/mol. The molecule has 4 aliphatic carbocycles. The molecule has 2 unspecified atom stereocenters. The molecule has 0 aromatic rings. The van der Waals surface area contributed by atoms with Crippen LogP contribution in [-0.4, -0.2) is 22.1 Å². The van der Waals surface area contributed by atoms with E-state index in [9.17, 15) is 4.79 Å². The van der Waals surface area contributed by atoms with Crippen LogP contribution in [0.3, 0.4) is 0 Å². The normalized spacial score (nSPS) is 47.3. The number of nitrogens with one attached hydrogen (secondary N) is 1. The predicted molar refractivity (Wildman–Crippen MR) is 97.5 cm³/mol. The number of hydrogen-bond donors (Lipinski definition) is 1. The molecule has 0 spiro atoms. The van der Waals surface area contributed by atoms with E-state index < -0.39 is 0 Å². The standard InChI is InChI=1S/C17H27ClINO2/c1-12(4-19)16-6-14(2)5-15(3,7-16)9-17(8-14,10-16)20-13(21)22-11-18/h12H,4-11H2,1-3H3,(H,20,21)/t12-,14?,15?,16?,17?/m1/s1. The van der Waals surface area contributed by atoms with Gasteiger partial charge in [-0.2, -0.15) is 0 Å². The molecule has 4 bridgehead atoms. The van der Waals surface area contributed by atoms with E-state index in [-0.39, 0.29) is 17.7 Å². The summed E-state index contributed by atoms with van der Waals surface area (Å²) in [5, 5.41) is 3.23. The van der Waals surface area contributed by atoms with Crippen LogP contribution in [0.5, 0.6) is 0 Å². The fraction of sp³-hybridized carbons (Fsp3) is 0.941. The zero-order chi connectivity index (χ0) is 16.2. The zero-order valence-electron chi connectivity index (χ0n) is 13.8. The van der Waals surface area contributed by atoms with Crippen LogP contribution in [0.4, 0.5) is 4.79 Å². The van der Waals surface area contributed by atoms with Crippen molar-refractivity contribution in [3.05, 3.63) is 0 Å². The molecule has 0 saturated heterocycles. The Hall–Kier alpha value is 0.290. The molecule has 5 heteroatoms. The summed E-state index contributed by atoms with van der Waals surface area (Å²) in [6.07, 6.45) is 6.85. The highest BCUT2D eigenvalue weighted by atomic mass is 127. The van der Waals surface area contributed by atoms with Crippen molar-refractivity contribution in [3.63, 3.8) is 0 Å². The lowest BCUT2D eigenvalue weighted by Crippen LogP contribution is -2.69. The highest BCUT2D eigenvalue weighted by Crippen LogP contribution is 2.72. The molecule has 1 amide bonds.